The van der Waals surface area contributed by atoms with E-state index in [0.29, 0.717) is 5.75 Å². The number of hydrogen-bond donors (Lipinski definition) is 2. The summed E-state index contributed by atoms with van der Waals surface area (Å²) in [5.74, 6) is -0.104. The maximum atomic E-state index is 13.2. The molecule has 7 heteroatoms. The first-order chi connectivity index (χ1) is 11.9. The lowest BCUT2D eigenvalue weighted by atomic mass is 10.1. The normalized spacial score (nSPS) is 13.5. The summed E-state index contributed by atoms with van der Waals surface area (Å²) in [7, 11) is -3.67. The van der Waals surface area contributed by atoms with Crippen molar-refractivity contribution in [3.63, 3.8) is 0 Å². The Morgan fingerprint density at radius 2 is 1.84 bits per heavy atom. The van der Waals surface area contributed by atoms with Crippen LogP contribution >= 0.6 is 0 Å². The second kappa shape index (κ2) is 8.75. The minimum absolute atomic E-state index is 0.0949. The first-order valence-corrected chi connectivity index (χ1v) is 9.25. The van der Waals surface area contributed by atoms with Gasteiger partial charge in [-0.2, -0.15) is 0 Å². The van der Waals surface area contributed by atoms with Crippen LogP contribution in [0.2, 0.25) is 0 Å². The molecular formula is C18H21FN2O3S. The summed E-state index contributed by atoms with van der Waals surface area (Å²) < 4.78 is 45.9. The fourth-order valence-electron chi connectivity index (χ4n) is 2.16. The van der Waals surface area contributed by atoms with E-state index in [9.17, 15) is 12.8 Å². The molecule has 1 atom stereocenters. The van der Waals surface area contributed by atoms with Crippen LogP contribution < -0.4 is 15.2 Å². The van der Waals surface area contributed by atoms with Crippen molar-refractivity contribution in [3.05, 3.63) is 72.1 Å². The molecule has 2 aromatic rings. The van der Waals surface area contributed by atoms with Gasteiger partial charge in [0.05, 0.1) is 4.90 Å². The number of benzene rings is 2. The predicted molar refractivity (Wildman–Crippen MR) is 95.4 cm³/mol. The standard InChI is InChI=1S/C18H21FN2O3S/c1-14(15-5-3-2-4-6-15)21-25(22,23)18-9-7-17(8-10-18)24-13-16(19)11-12-20/h2-11,14,21H,12-13,20H2,1H3/b16-11+/t14-/m0/s1. The van der Waals surface area contributed by atoms with Gasteiger partial charge in [-0.25, -0.2) is 17.5 Å². The van der Waals surface area contributed by atoms with E-state index < -0.39 is 15.9 Å². The molecule has 0 fully saturated rings. The van der Waals surface area contributed by atoms with Crippen molar-refractivity contribution in [1.82, 2.24) is 4.72 Å². The Balaban J connectivity index is 2.03. The molecule has 0 saturated carbocycles. The molecule has 0 unspecified atom stereocenters. The van der Waals surface area contributed by atoms with Crippen LogP contribution in [0.3, 0.4) is 0 Å². The number of nitrogens with one attached hydrogen (secondary N) is 1. The molecule has 134 valence electrons. The highest BCUT2D eigenvalue weighted by molar-refractivity contribution is 7.89. The minimum atomic E-state index is -3.67. The number of halogens is 1. The third-order valence-electron chi connectivity index (χ3n) is 3.48. The smallest absolute Gasteiger partial charge is 0.241 e. The summed E-state index contributed by atoms with van der Waals surface area (Å²) in [4.78, 5) is 0.112. The average molecular weight is 364 g/mol. The van der Waals surface area contributed by atoms with Crippen LogP contribution in [0.5, 0.6) is 5.75 Å². The SMILES string of the molecule is C[C@H](NS(=O)(=O)c1ccc(OC/C(F)=C\CN)cc1)c1ccccc1. The van der Waals surface area contributed by atoms with Gasteiger partial charge in [0.15, 0.2) is 0 Å². The van der Waals surface area contributed by atoms with E-state index in [4.69, 9.17) is 10.5 Å². The molecule has 0 spiro atoms. The molecule has 0 aliphatic carbocycles. The van der Waals surface area contributed by atoms with Gasteiger partial charge in [-0.3, -0.25) is 0 Å². The Morgan fingerprint density at radius 1 is 1.20 bits per heavy atom. The zero-order valence-corrected chi connectivity index (χ0v) is 14.7. The van der Waals surface area contributed by atoms with Crippen LogP contribution in [0, 0.1) is 0 Å². The second-order valence-electron chi connectivity index (χ2n) is 5.40. The van der Waals surface area contributed by atoms with Crippen LogP contribution in [0.4, 0.5) is 4.39 Å². The highest BCUT2D eigenvalue weighted by atomic mass is 32.2. The van der Waals surface area contributed by atoms with Gasteiger partial charge in [0, 0.05) is 12.6 Å². The summed E-state index contributed by atoms with van der Waals surface area (Å²) in [6, 6.07) is 14.7. The van der Waals surface area contributed by atoms with E-state index in [0.717, 1.165) is 5.56 Å². The second-order valence-corrected chi connectivity index (χ2v) is 7.11. The van der Waals surface area contributed by atoms with Gasteiger partial charge >= 0.3 is 0 Å². The molecule has 5 nitrogen and oxygen atoms in total. The first-order valence-electron chi connectivity index (χ1n) is 7.77. The maximum absolute atomic E-state index is 13.2. The Morgan fingerprint density at radius 3 is 2.44 bits per heavy atom. The molecule has 0 radical (unpaired) electrons. The van der Waals surface area contributed by atoms with Crippen LogP contribution in [-0.4, -0.2) is 21.6 Å². The quantitative estimate of drug-likeness (QED) is 0.755. The Bertz CT molecular complexity index is 806. The van der Waals surface area contributed by atoms with E-state index in [1.165, 1.54) is 30.3 Å². The maximum Gasteiger partial charge on any atom is 0.241 e. The van der Waals surface area contributed by atoms with Gasteiger partial charge in [-0.05, 0) is 42.8 Å². The van der Waals surface area contributed by atoms with Crippen molar-refractivity contribution >= 4 is 10.0 Å². The fourth-order valence-corrected chi connectivity index (χ4v) is 3.40. The fraction of sp³-hybridized carbons (Fsp3) is 0.222. The topological polar surface area (TPSA) is 81.4 Å². The summed E-state index contributed by atoms with van der Waals surface area (Å²) in [6.45, 7) is 1.63. The van der Waals surface area contributed by atoms with Gasteiger partial charge in [0.1, 0.15) is 18.2 Å². The molecule has 2 aromatic carbocycles. The Labute approximate surface area is 147 Å². The molecule has 0 saturated heterocycles. The van der Waals surface area contributed by atoms with Gasteiger partial charge in [-0.1, -0.05) is 30.3 Å². The largest absolute Gasteiger partial charge is 0.487 e. The minimum Gasteiger partial charge on any atom is -0.487 e. The lowest BCUT2D eigenvalue weighted by Crippen LogP contribution is -2.26. The summed E-state index contributed by atoms with van der Waals surface area (Å²) in [6.07, 6.45) is 1.22. The zero-order valence-electron chi connectivity index (χ0n) is 13.9. The van der Waals surface area contributed by atoms with Crippen LogP contribution in [0.1, 0.15) is 18.5 Å². The molecule has 0 bridgehead atoms. The molecule has 0 amide bonds. The third-order valence-corrected chi connectivity index (χ3v) is 5.04. The molecular weight excluding hydrogens is 343 g/mol. The molecule has 3 N–H and O–H groups in total. The van der Waals surface area contributed by atoms with Crippen molar-refractivity contribution in [2.75, 3.05) is 13.2 Å². The number of sulfonamides is 1. The van der Waals surface area contributed by atoms with Crippen molar-refractivity contribution in [1.29, 1.82) is 0 Å². The zero-order chi connectivity index (χ0) is 18.3. The lowest BCUT2D eigenvalue weighted by molar-refractivity contribution is 0.318. The molecule has 2 rings (SSSR count). The van der Waals surface area contributed by atoms with Crippen molar-refractivity contribution in [2.24, 2.45) is 5.73 Å². The van der Waals surface area contributed by atoms with Gasteiger partial charge in [0.25, 0.3) is 0 Å². The van der Waals surface area contributed by atoms with E-state index >= 15 is 0 Å². The van der Waals surface area contributed by atoms with Gasteiger partial charge in [-0.15, -0.1) is 0 Å². The number of rotatable bonds is 8. The van der Waals surface area contributed by atoms with E-state index in [-0.39, 0.29) is 24.1 Å². The number of hydrogen-bond acceptors (Lipinski definition) is 4. The monoisotopic (exact) mass is 364 g/mol. The summed E-state index contributed by atoms with van der Waals surface area (Å²) >= 11 is 0. The summed E-state index contributed by atoms with van der Waals surface area (Å²) in [5, 5.41) is 0. The molecule has 0 aliphatic heterocycles. The third kappa shape index (κ3) is 5.67. The van der Waals surface area contributed by atoms with Crippen molar-refractivity contribution in [2.45, 2.75) is 17.9 Å². The van der Waals surface area contributed by atoms with Crippen molar-refractivity contribution < 1.29 is 17.5 Å². The summed E-state index contributed by atoms with van der Waals surface area (Å²) in [5.41, 5.74) is 6.07. The highest BCUT2D eigenvalue weighted by Crippen LogP contribution is 2.19. The van der Waals surface area contributed by atoms with E-state index in [1.807, 2.05) is 30.3 Å². The van der Waals surface area contributed by atoms with Gasteiger partial charge in [0.2, 0.25) is 10.0 Å². The van der Waals surface area contributed by atoms with Crippen LogP contribution in [0.15, 0.2) is 71.4 Å². The highest BCUT2D eigenvalue weighted by Gasteiger charge is 2.18. The average Bonchev–Trinajstić information content (AvgIpc) is 2.61. The Kier molecular flexibility index (Phi) is 6.69. The Hall–Kier alpha value is -2.22. The predicted octanol–water partition coefficient (Wildman–Crippen LogP) is 2.92. The molecule has 25 heavy (non-hydrogen) atoms. The van der Waals surface area contributed by atoms with E-state index in [1.54, 1.807) is 6.92 Å². The van der Waals surface area contributed by atoms with Gasteiger partial charge < -0.3 is 10.5 Å². The van der Waals surface area contributed by atoms with E-state index in [2.05, 4.69) is 4.72 Å². The molecule has 0 aromatic heterocycles. The van der Waals surface area contributed by atoms with Crippen LogP contribution in [0.25, 0.3) is 0 Å². The van der Waals surface area contributed by atoms with Crippen molar-refractivity contribution in [3.8, 4) is 5.75 Å². The van der Waals surface area contributed by atoms with Crippen LogP contribution in [-0.2, 0) is 10.0 Å². The molecule has 0 aliphatic rings. The number of nitrogens with two attached hydrogens (primary N) is 1. The molecule has 0 heterocycles. The number of ether oxygens (including phenoxy) is 1. The first kappa shape index (κ1) is 19.1. The lowest BCUT2D eigenvalue weighted by Gasteiger charge is -2.15.